The smallest absolute Gasteiger partial charge is 0.318 e. The summed E-state index contributed by atoms with van der Waals surface area (Å²) < 4.78 is 0. The second-order valence-electron chi connectivity index (χ2n) is 5.32. The van der Waals surface area contributed by atoms with Gasteiger partial charge in [0.05, 0.1) is 0 Å². The summed E-state index contributed by atoms with van der Waals surface area (Å²) in [6.45, 7) is 2.04. The largest absolute Gasteiger partial charge is 0.341 e. The number of hydrogen-bond donors (Lipinski definition) is 3. The van der Waals surface area contributed by atoms with Crippen molar-refractivity contribution in [3.8, 4) is 0 Å². The Bertz CT molecular complexity index is 664. The molecule has 0 heterocycles. The number of rotatable bonds is 5. The van der Waals surface area contributed by atoms with Crippen LogP contribution in [0.25, 0.3) is 0 Å². The molecule has 2 rings (SSSR count). The molecule has 2 aromatic carbocycles. The molecule has 0 saturated heterocycles. The van der Waals surface area contributed by atoms with Crippen molar-refractivity contribution < 1.29 is 9.59 Å². The third-order valence-electron chi connectivity index (χ3n) is 3.41. The Balaban J connectivity index is 1.82. The van der Waals surface area contributed by atoms with Crippen LogP contribution in [0.1, 0.15) is 17.5 Å². The molecule has 0 atom stereocenters. The fourth-order valence-corrected chi connectivity index (χ4v) is 2.07. The van der Waals surface area contributed by atoms with Gasteiger partial charge in [-0.3, -0.25) is 4.79 Å². The number of nitrogens with one attached hydrogen (secondary N) is 3. The molecule has 0 unspecified atom stereocenters. The molecular weight excluding hydrogens is 290 g/mol. The second kappa shape index (κ2) is 7.98. The molecule has 5 nitrogen and oxygen atoms in total. The van der Waals surface area contributed by atoms with Gasteiger partial charge in [-0.05, 0) is 43.2 Å². The van der Waals surface area contributed by atoms with E-state index in [4.69, 9.17) is 0 Å². The van der Waals surface area contributed by atoms with Gasteiger partial charge in [-0.1, -0.05) is 29.8 Å². The van der Waals surface area contributed by atoms with E-state index in [0.29, 0.717) is 24.2 Å². The Hall–Kier alpha value is -2.82. The first kappa shape index (κ1) is 16.5. The summed E-state index contributed by atoms with van der Waals surface area (Å²) in [5, 5.41) is 7.99. The average Bonchev–Trinajstić information content (AvgIpc) is 2.56. The maximum Gasteiger partial charge on any atom is 0.318 e. The van der Waals surface area contributed by atoms with Gasteiger partial charge in [0.25, 0.3) is 0 Å². The van der Waals surface area contributed by atoms with E-state index in [1.165, 1.54) is 5.56 Å². The lowest BCUT2D eigenvalue weighted by Crippen LogP contribution is -2.24. The van der Waals surface area contributed by atoms with Gasteiger partial charge < -0.3 is 16.0 Å². The third-order valence-corrected chi connectivity index (χ3v) is 3.41. The Labute approximate surface area is 136 Å². The van der Waals surface area contributed by atoms with Crippen molar-refractivity contribution in [2.24, 2.45) is 0 Å². The SMILES string of the molecule is CNC(=O)Nc1ccc(NC(=O)CCc2ccc(C)cc2)cc1. The van der Waals surface area contributed by atoms with Gasteiger partial charge in [0.1, 0.15) is 0 Å². The molecule has 0 saturated carbocycles. The summed E-state index contributed by atoms with van der Waals surface area (Å²) in [6.07, 6.45) is 1.14. The fourth-order valence-electron chi connectivity index (χ4n) is 2.07. The normalized spacial score (nSPS) is 10.0. The standard InChI is InChI=1S/C18H21N3O2/c1-13-3-5-14(6-4-13)7-12-17(22)20-15-8-10-16(11-9-15)21-18(23)19-2/h3-6,8-11H,7,12H2,1-2H3,(H,20,22)(H2,19,21,23). The molecule has 0 aromatic heterocycles. The van der Waals surface area contributed by atoms with Crippen LogP contribution in [-0.2, 0) is 11.2 Å². The molecule has 2 aromatic rings. The van der Waals surface area contributed by atoms with E-state index in [9.17, 15) is 9.59 Å². The predicted molar refractivity (Wildman–Crippen MR) is 92.7 cm³/mol. The summed E-state index contributed by atoms with van der Waals surface area (Å²) in [6, 6.07) is 14.9. The van der Waals surface area contributed by atoms with Crippen LogP contribution in [0.4, 0.5) is 16.2 Å². The van der Waals surface area contributed by atoms with Gasteiger partial charge in [0.15, 0.2) is 0 Å². The zero-order valence-electron chi connectivity index (χ0n) is 13.3. The molecule has 0 aliphatic heterocycles. The molecule has 120 valence electrons. The van der Waals surface area contributed by atoms with E-state index >= 15 is 0 Å². The quantitative estimate of drug-likeness (QED) is 0.793. The van der Waals surface area contributed by atoms with Gasteiger partial charge >= 0.3 is 6.03 Å². The van der Waals surface area contributed by atoms with Crippen LogP contribution < -0.4 is 16.0 Å². The lowest BCUT2D eigenvalue weighted by molar-refractivity contribution is -0.116. The van der Waals surface area contributed by atoms with E-state index in [-0.39, 0.29) is 11.9 Å². The summed E-state index contributed by atoms with van der Waals surface area (Å²) in [7, 11) is 1.55. The lowest BCUT2D eigenvalue weighted by Gasteiger charge is -2.08. The minimum Gasteiger partial charge on any atom is -0.341 e. The first-order valence-corrected chi connectivity index (χ1v) is 7.51. The highest BCUT2D eigenvalue weighted by Gasteiger charge is 2.04. The molecule has 0 bridgehead atoms. The number of aryl methyl sites for hydroxylation is 2. The van der Waals surface area contributed by atoms with E-state index in [1.807, 2.05) is 31.2 Å². The number of carbonyl (C=O) groups is 2. The molecule has 0 radical (unpaired) electrons. The van der Waals surface area contributed by atoms with Crippen molar-refractivity contribution in [2.75, 3.05) is 17.7 Å². The molecule has 3 N–H and O–H groups in total. The minimum atomic E-state index is -0.278. The van der Waals surface area contributed by atoms with Gasteiger partial charge in [-0.2, -0.15) is 0 Å². The highest BCUT2D eigenvalue weighted by Crippen LogP contribution is 2.14. The van der Waals surface area contributed by atoms with Crippen LogP contribution in [0.2, 0.25) is 0 Å². The summed E-state index contributed by atoms with van der Waals surface area (Å²) in [4.78, 5) is 23.2. The number of anilines is 2. The molecule has 0 aliphatic carbocycles. The van der Waals surface area contributed by atoms with Crippen LogP contribution in [0.15, 0.2) is 48.5 Å². The number of amides is 3. The van der Waals surface area contributed by atoms with Gasteiger partial charge in [0, 0.05) is 24.8 Å². The first-order chi connectivity index (χ1) is 11.1. The van der Waals surface area contributed by atoms with Gasteiger partial charge in [-0.25, -0.2) is 4.79 Å². The number of hydrogen-bond acceptors (Lipinski definition) is 2. The monoisotopic (exact) mass is 311 g/mol. The zero-order valence-corrected chi connectivity index (χ0v) is 13.3. The van der Waals surface area contributed by atoms with Gasteiger partial charge in [0.2, 0.25) is 5.91 Å². The van der Waals surface area contributed by atoms with Crippen LogP contribution in [0, 0.1) is 6.92 Å². The van der Waals surface area contributed by atoms with Crippen LogP contribution >= 0.6 is 0 Å². The van der Waals surface area contributed by atoms with Crippen molar-refractivity contribution in [3.05, 3.63) is 59.7 Å². The lowest BCUT2D eigenvalue weighted by atomic mass is 10.1. The van der Waals surface area contributed by atoms with Crippen LogP contribution in [0.3, 0.4) is 0 Å². The Morgan fingerprint density at radius 1 is 0.870 bits per heavy atom. The number of urea groups is 1. The minimum absolute atomic E-state index is 0.0300. The Morgan fingerprint density at radius 2 is 1.43 bits per heavy atom. The Kier molecular flexibility index (Phi) is 5.74. The van der Waals surface area contributed by atoms with E-state index in [2.05, 4.69) is 16.0 Å². The Morgan fingerprint density at radius 3 is 2.00 bits per heavy atom. The van der Waals surface area contributed by atoms with E-state index in [1.54, 1.807) is 31.3 Å². The van der Waals surface area contributed by atoms with Crippen molar-refractivity contribution in [2.45, 2.75) is 19.8 Å². The van der Waals surface area contributed by atoms with Crippen LogP contribution in [0.5, 0.6) is 0 Å². The molecule has 0 fully saturated rings. The zero-order chi connectivity index (χ0) is 16.7. The fraction of sp³-hybridized carbons (Fsp3) is 0.222. The maximum atomic E-state index is 12.0. The number of benzene rings is 2. The highest BCUT2D eigenvalue weighted by molar-refractivity contribution is 5.92. The van der Waals surface area contributed by atoms with E-state index < -0.39 is 0 Å². The summed E-state index contributed by atoms with van der Waals surface area (Å²) >= 11 is 0. The second-order valence-corrected chi connectivity index (χ2v) is 5.32. The average molecular weight is 311 g/mol. The van der Waals surface area contributed by atoms with Crippen molar-refractivity contribution in [1.82, 2.24) is 5.32 Å². The number of carbonyl (C=O) groups excluding carboxylic acids is 2. The van der Waals surface area contributed by atoms with Crippen molar-refractivity contribution >= 4 is 23.3 Å². The molecule has 0 aliphatic rings. The molecular formula is C18H21N3O2. The molecule has 5 heteroatoms. The predicted octanol–water partition coefficient (Wildman–Crippen LogP) is 3.32. The molecule has 23 heavy (non-hydrogen) atoms. The topological polar surface area (TPSA) is 70.2 Å². The first-order valence-electron chi connectivity index (χ1n) is 7.51. The van der Waals surface area contributed by atoms with Gasteiger partial charge in [-0.15, -0.1) is 0 Å². The molecule has 3 amide bonds. The van der Waals surface area contributed by atoms with Crippen molar-refractivity contribution in [3.63, 3.8) is 0 Å². The summed E-state index contributed by atoms with van der Waals surface area (Å²) in [5.41, 5.74) is 3.74. The third kappa shape index (κ3) is 5.47. The van der Waals surface area contributed by atoms with E-state index in [0.717, 1.165) is 5.56 Å². The highest BCUT2D eigenvalue weighted by atomic mass is 16.2. The van der Waals surface area contributed by atoms with Crippen molar-refractivity contribution in [1.29, 1.82) is 0 Å². The maximum absolute atomic E-state index is 12.0. The molecule has 0 spiro atoms. The summed E-state index contributed by atoms with van der Waals surface area (Å²) in [5.74, 6) is -0.0300. The van der Waals surface area contributed by atoms with Crippen LogP contribution in [-0.4, -0.2) is 19.0 Å².